The number of benzene rings is 2. The zero-order valence-corrected chi connectivity index (χ0v) is 13.2. The van der Waals surface area contributed by atoms with E-state index in [0.29, 0.717) is 22.6 Å². The number of para-hydroxylation sites is 2. The van der Waals surface area contributed by atoms with Gasteiger partial charge in [-0.2, -0.15) is 0 Å². The molecule has 0 bridgehead atoms. The fraction of sp³-hybridized carbons (Fsp3) is 0.263. The van der Waals surface area contributed by atoms with E-state index in [1.807, 2.05) is 44.2 Å². The number of oxazole rings is 1. The van der Waals surface area contributed by atoms with Gasteiger partial charge in [-0.05, 0) is 35.2 Å². The molecule has 0 spiro atoms. The van der Waals surface area contributed by atoms with E-state index in [1.54, 1.807) is 6.07 Å². The van der Waals surface area contributed by atoms with Crippen LogP contribution in [0.5, 0.6) is 0 Å². The third kappa shape index (κ3) is 3.47. The lowest BCUT2D eigenvalue weighted by molar-refractivity contribution is -0.118. The van der Waals surface area contributed by atoms with E-state index in [9.17, 15) is 9.18 Å². The molecule has 2 aromatic carbocycles. The van der Waals surface area contributed by atoms with Gasteiger partial charge in [-0.1, -0.05) is 38.1 Å². The molecule has 0 amide bonds. The molecule has 0 unspecified atom stereocenters. The summed E-state index contributed by atoms with van der Waals surface area (Å²) in [6.45, 7) is 3.88. The Morgan fingerprint density at radius 1 is 1.17 bits per heavy atom. The Labute approximate surface area is 134 Å². The number of hydrogen-bond acceptors (Lipinski definition) is 3. The summed E-state index contributed by atoms with van der Waals surface area (Å²) in [7, 11) is 0. The first-order chi connectivity index (χ1) is 11.0. The van der Waals surface area contributed by atoms with Gasteiger partial charge in [0.05, 0.1) is 6.42 Å². The summed E-state index contributed by atoms with van der Waals surface area (Å²) in [5.74, 6) is 0.218. The van der Waals surface area contributed by atoms with Crippen molar-refractivity contribution in [2.45, 2.75) is 32.6 Å². The van der Waals surface area contributed by atoms with Crippen molar-refractivity contribution in [3.8, 4) is 0 Å². The molecule has 23 heavy (non-hydrogen) atoms. The van der Waals surface area contributed by atoms with Gasteiger partial charge in [0.15, 0.2) is 5.58 Å². The third-order valence-electron chi connectivity index (χ3n) is 3.77. The van der Waals surface area contributed by atoms with Gasteiger partial charge < -0.3 is 4.42 Å². The van der Waals surface area contributed by atoms with Crippen LogP contribution in [0.15, 0.2) is 46.9 Å². The predicted octanol–water partition coefficient (Wildman–Crippen LogP) is 4.44. The van der Waals surface area contributed by atoms with Gasteiger partial charge in [0.25, 0.3) is 0 Å². The zero-order valence-electron chi connectivity index (χ0n) is 13.2. The van der Waals surface area contributed by atoms with E-state index in [0.717, 1.165) is 5.52 Å². The standard InChI is InChI=1S/C19H18FNO2/c1-12(2)15-8-7-13(10-16(15)20)9-14(22)11-19-21-17-5-3-4-6-18(17)23-19/h3-8,10,12H,9,11H2,1-2H3. The predicted molar refractivity (Wildman–Crippen MR) is 86.9 cm³/mol. The summed E-state index contributed by atoms with van der Waals surface area (Å²) in [6.07, 6.45) is 0.288. The number of carbonyl (C=O) groups excluding carboxylic acids is 1. The lowest BCUT2D eigenvalue weighted by Crippen LogP contribution is -2.07. The molecule has 3 nitrogen and oxygen atoms in total. The molecule has 1 heterocycles. The number of ketones is 1. The van der Waals surface area contributed by atoms with Crippen LogP contribution in [0.25, 0.3) is 11.1 Å². The Kier molecular flexibility index (Phi) is 4.24. The van der Waals surface area contributed by atoms with Crippen LogP contribution in [0, 0.1) is 5.82 Å². The molecule has 0 fully saturated rings. The molecular weight excluding hydrogens is 293 g/mol. The second kappa shape index (κ2) is 6.32. The first-order valence-corrected chi connectivity index (χ1v) is 7.67. The van der Waals surface area contributed by atoms with Gasteiger partial charge in [-0.15, -0.1) is 0 Å². The molecule has 0 aliphatic rings. The third-order valence-corrected chi connectivity index (χ3v) is 3.77. The van der Waals surface area contributed by atoms with Crippen LogP contribution in [0.4, 0.5) is 4.39 Å². The highest BCUT2D eigenvalue weighted by molar-refractivity contribution is 5.83. The van der Waals surface area contributed by atoms with Crippen molar-refractivity contribution >= 4 is 16.9 Å². The van der Waals surface area contributed by atoms with Crippen molar-refractivity contribution in [2.75, 3.05) is 0 Å². The van der Waals surface area contributed by atoms with E-state index in [1.165, 1.54) is 6.07 Å². The van der Waals surface area contributed by atoms with Crippen LogP contribution in [-0.2, 0) is 17.6 Å². The quantitative estimate of drug-likeness (QED) is 0.699. The maximum atomic E-state index is 14.0. The molecule has 118 valence electrons. The highest BCUT2D eigenvalue weighted by Crippen LogP contribution is 2.20. The molecule has 0 atom stereocenters. The maximum Gasteiger partial charge on any atom is 0.202 e. The van der Waals surface area contributed by atoms with Crippen molar-refractivity contribution < 1.29 is 13.6 Å². The number of hydrogen-bond donors (Lipinski definition) is 0. The average molecular weight is 311 g/mol. The van der Waals surface area contributed by atoms with Gasteiger partial charge in [-0.3, -0.25) is 4.79 Å². The number of rotatable bonds is 5. The van der Waals surface area contributed by atoms with E-state index < -0.39 is 0 Å². The topological polar surface area (TPSA) is 43.1 Å². The van der Waals surface area contributed by atoms with Crippen LogP contribution in [0.2, 0.25) is 0 Å². The second-order valence-electron chi connectivity index (χ2n) is 5.98. The van der Waals surface area contributed by atoms with Gasteiger partial charge in [0.2, 0.25) is 5.89 Å². The van der Waals surface area contributed by atoms with Crippen molar-refractivity contribution in [1.82, 2.24) is 4.98 Å². The summed E-state index contributed by atoms with van der Waals surface area (Å²) in [6, 6.07) is 12.4. The van der Waals surface area contributed by atoms with Gasteiger partial charge >= 0.3 is 0 Å². The molecule has 0 aliphatic heterocycles. The van der Waals surface area contributed by atoms with Gasteiger partial charge in [-0.25, -0.2) is 9.37 Å². The molecular formula is C19H18FNO2. The number of aromatic nitrogens is 1. The lowest BCUT2D eigenvalue weighted by atomic mass is 9.99. The minimum Gasteiger partial charge on any atom is -0.440 e. The number of carbonyl (C=O) groups is 1. The zero-order chi connectivity index (χ0) is 16.4. The molecule has 3 rings (SSSR count). The average Bonchev–Trinajstić information content (AvgIpc) is 2.88. The smallest absolute Gasteiger partial charge is 0.202 e. The van der Waals surface area contributed by atoms with Crippen molar-refractivity contribution in [1.29, 1.82) is 0 Å². The molecule has 0 saturated heterocycles. The number of fused-ring (bicyclic) bond motifs is 1. The van der Waals surface area contributed by atoms with E-state index in [4.69, 9.17) is 4.42 Å². The number of nitrogens with zero attached hydrogens (tertiary/aromatic N) is 1. The molecule has 3 aromatic rings. The SMILES string of the molecule is CC(C)c1ccc(CC(=O)Cc2nc3ccccc3o2)cc1F. The highest BCUT2D eigenvalue weighted by Gasteiger charge is 2.13. The lowest BCUT2D eigenvalue weighted by Gasteiger charge is -2.08. The van der Waals surface area contributed by atoms with E-state index in [2.05, 4.69) is 4.98 Å². The summed E-state index contributed by atoms with van der Waals surface area (Å²) >= 11 is 0. The summed E-state index contributed by atoms with van der Waals surface area (Å²) < 4.78 is 19.5. The number of Topliss-reactive ketones (excluding diaryl/α,β-unsaturated/α-hetero) is 1. The Balaban J connectivity index is 1.70. The largest absolute Gasteiger partial charge is 0.440 e. The van der Waals surface area contributed by atoms with Crippen LogP contribution in [-0.4, -0.2) is 10.8 Å². The fourth-order valence-corrected chi connectivity index (χ4v) is 2.60. The van der Waals surface area contributed by atoms with Crippen molar-refractivity contribution in [3.05, 3.63) is 65.3 Å². The highest BCUT2D eigenvalue weighted by atomic mass is 19.1. The second-order valence-corrected chi connectivity index (χ2v) is 5.98. The van der Waals surface area contributed by atoms with Crippen LogP contribution >= 0.6 is 0 Å². The Morgan fingerprint density at radius 3 is 2.65 bits per heavy atom. The molecule has 4 heteroatoms. The van der Waals surface area contributed by atoms with E-state index in [-0.39, 0.29) is 30.4 Å². The summed E-state index contributed by atoms with van der Waals surface area (Å²) in [4.78, 5) is 16.5. The van der Waals surface area contributed by atoms with Crippen LogP contribution in [0.3, 0.4) is 0 Å². The minimum absolute atomic E-state index is 0.0479. The molecule has 0 radical (unpaired) electrons. The van der Waals surface area contributed by atoms with Crippen LogP contribution in [0.1, 0.15) is 36.8 Å². The summed E-state index contributed by atoms with van der Waals surface area (Å²) in [5, 5.41) is 0. The van der Waals surface area contributed by atoms with Gasteiger partial charge in [0, 0.05) is 6.42 Å². The Hall–Kier alpha value is -2.49. The minimum atomic E-state index is -0.257. The van der Waals surface area contributed by atoms with Crippen molar-refractivity contribution in [3.63, 3.8) is 0 Å². The summed E-state index contributed by atoms with van der Waals surface area (Å²) in [5.41, 5.74) is 2.75. The van der Waals surface area contributed by atoms with Gasteiger partial charge in [0.1, 0.15) is 17.1 Å². The van der Waals surface area contributed by atoms with Crippen LogP contribution < -0.4 is 0 Å². The Bertz CT molecular complexity index is 818. The molecule has 0 aliphatic carbocycles. The molecule has 0 saturated carbocycles. The fourth-order valence-electron chi connectivity index (χ4n) is 2.60. The monoisotopic (exact) mass is 311 g/mol. The first kappa shape index (κ1) is 15.4. The van der Waals surface area contributed by atoms with Crippen molar-refractivity contribution in [2.24, 2.45) is 0 Å². The Morgan fingerprint density at radius 2 is 1.96 bits per heavy atom. The molecule has 0 N–H and O–H groups in total. The molecule has 1 aromatic heterocycles. The maximum absolute atomic E-state index is 14.0. The first-order valence-electron chi connectivity index (χ1n) is 7.67. The van der Waals surface area contributed by atoms with E-state index >= 15 is 0 Å². The number of halogens is 1. The normalized spacial score (nSPS) is 11.3.